The molecule has 8 aromatic rings. The highest BCUT2D eigenvalue weighted by Gasteiger charge is 2.42. The van der Waals surface area contributed by atoms with Gasteiger partial charge in [-0.2, -0.15) is 0 Å². The minimum Gasteiger partial charge on any atom is -0.453 e. The molecule has 11 rings (SSSR count). The molecule has 0 fully saturated rings. The quantitative estimate of drug-likeness (QED) is 0.180. The van der Waals surface area contributed by atoms with Crippen molar-refractivity contribution in [1.82, 2.24) is 0 Å². The molecule has 0 unspecified atom stereocenters. The third-order valence-corrected chi connectivity index (χ3v) is 12.7. The van der Waals surface area contributed by atoms with Crippen LogP contribution >= 0.6 is 0 Å². The third-order valence-electron chi connectivity index (χ3n) is 12.7. The van der Waals surface area contributed by atoms with E-state index in [9.17, 15) is 0 Å². The Labute approximate surface area is 329 Å². The highest BCUT2D eigenvalue weighted by Crippen LogP contribution is 2.61. The summed E-state index contributed by atoms with van der Waals surface area (Å²) in [4.78, 5) is 4.89. The van der Waals surface area contributed by atoms with Crippen LogP contribution in [0.15, 0.2) is 164 Å². The van der Waals surface area contributed by atoms with Gasteiger partial charge < -0.3 is 14.5 Å². The molecule has 0 atom stereocenters. The van der Waals surface area contributed by atoms with Crippen molar-refractivity contribution in [3.63, 3.8) is 0 Å². The summed E-state index contributed by atoms with van der Waals surface area (Å²) in [5.41, 5.74) is 17.9. The van der Waals surface area contributed by atoms with E-state index in [0.717, 1.165) is 51.1 Å². The largest absolute Gasteiger partial charge is 0.453 e. The van der Waals surface area contributed by atoms with Crippen molar-refractivity contribution in [3.8, 4) is 33.8 Å². The van der Waals surface area contributed by atoms with Crippen LogP contribution in [0.4, 0.5) is 34.1 Å². The maximum Gasteiger partial charge on any atom is 0.152 e. The minimum atomic E-state index is -0.252. The summed E-state index contributed by atoms with van der Waals surface area (Å²) in [5, 5.41) is 2.43. The van der Waals surface area contributed by atoms with Crippen LogP contribution in [0.3, 0.4) is 0 Å². The first kappa shape index (κ1) is 32.8. The fourth-order valence-electron chi connectivity index (χ4n) is 9.86. The molecule has 3 aliphatic rings. The molecule has 0 N–H and O–H groups in total. The first-order valence-electron chi connectivity index (χ1n) is 19.7. The Morgan fingerprint density at radius 2 is 1.18 bits per heavy atom. The normalized spacial score (nSPS) is 14.9. The number of ether oxygens (including phenoxy) is 1. The predicted octanol–water partition coefficient (Wildman–Crippen LogP) is 14.8. The van der Waals surface area contributed by atoms with E-state index < -0.39 is 0 Å². The van der Waals surface area contributed by atoms with Crippen LogP contribution in [0.5, 0.6) is 11.5 Å². The number of anilines is 6. The van der Waals surface area contributed by atoms with E-state index in [-0.39, 0.29) is 10.8 Å². The fraction of sp³-hybridized carbons (Fsp3) is 0.132. The Kier molecular flexibility index (Phi) is 6.86. The lowest BCUT2D eigenvalue weighted by atomic mass is 9.72. The van der Waals surface area contributed by atoms with Gasteiger partial charge in [-0.25, -0.2) is 0 Å². The number of benzene rings is 8. The Balaban J connectivity index is 1.11. The van der Waals surface area contributed by atoms with Crippen molar-refractivity contribution in [2.45, 2.75) is 45.4 Å². The van der Waals surface area contributed by atoms with Crippen LogP contribution < -0.4 is 14.5 Å². The zero-order valence-corrected chi connectivity index (χ0v) is 32.4. The van der Waals surface area contributed by atoms with Crippen molar-refractivity contribution >= 4 is 44.9 Å². The average molecular weight is 723 g/mol. The van der Waals surface area contributed by atoms with Crippen molar-refractivity contribution < 1.29 is 4.74 Å². The van der Waals surface area contributed by atoms with Gasteiger partial charge in [-0.15, -0.1) is 0 Å². The second-order valence-electron chi connectivity index (χ2n) is 16.7. The lowest BCUT2D eigenvalue weighted by Crippen LogP contribution is -2.32. The monoisotopic (exact) mass is 722 g/mol. The van der Waals surface area contributed by atoms with Gasteiger partial charge in [0.25, 0.3) is 0 Å². The highest BCUT2D eigenvalue weighted by molar-refractivity contribution is 6.00. The molecular weight excluding hydrogens is 681 g/mol. The number of rotatable bonds is 4. The van der Waals surface area contributed by atoms with Crippen molar-refractivity contribution in [1.29, 1.82) is 0 Å². The van der Waals surface area contributed by atoms with Gasteiger partial charge in [-0.3, -0.25) is 0 Å². The lowest BCUT2D eigenvalue weighted by molar-refractivity contribution is 0.471. The van der Waals surface area contributed by atoms with Gasteiger partial charge in [-0.05, 0) is 117 Å². The third kappa shape index (κ3) is 4.58. The maximum absolute atomic E-state index is 6.88. The summed E-state index contributed by atoms with van der Waals surface area (Å²) in [6.07, 6.45) is 0. The number of nitrogens with zero attached hydrogens (tertiary/aromatic N) is 2. The smallest absolute Gasteiger partial charge is 0.152 e. The van der Waals surface area contributed by atoms with E-state index in [0.29, 0.717) is 0 Å². The molecule has 3 nitrogen and oxygen atoms in total. The van der Waals surface area contributed by atoms with E-state index in [1.165, 1.54) is 55.4 Å². The molecule has 0 bridgehead atoms. The summed E-state index contributed by atoms with van der Waals surface area (Å²) < 4.78 is 6.88. The SMILES string of the molecule is Cc1cccc2c1N1c3ccccc3C(C)(C)c3cc(-c4cccc(N(c5ccc6c(c5)C(C)(C)c5ccccc5-6)c5cccc6ccccc56)c4)cc(c31)O2. The van der Waals surface area contributed by atoms with Crippen LogP contribution in [-0.2, 0) is 10.8 Å². The Morgan fingerprint density at radius 1 is 0.482 bits per heavy atom. The standard InChI is InChI=1S/C53H42N2O/c1-33-15-12-26-48-50(33)55-47-24-11-10-23-43(47)53(4,5)45-30-36(31-49(56-48)51(45)55)35-18-13-19-37(29-35)54(46-25-14-17-34-16-6-7-20-39(34)46)38-27-28-41-40-21-8-9-22-42(40)52(2,3)44(41)32-38/h6-32H,1-5H3. The number of fused-ring (bicyclic) bond motifs is 8. The first-order chi connectivity index (χ1) is 27.2. The Bertz CT molecular complexity index is 2930. The van der Waals surface area contributed by atoms with Crippen molar-refractivity contribution in [2.24, 2.45) is 0 Å². The maximum atomic E-state index is 6.88. The molecule has 1 aliphatic carbocycles. The molecule has 0 radical (unpaired) electrons. The Morgan fingerprint density at radius 3 is 2.07 bits per heavy atom. The van der Waals surface area contributed by atoms with Crippen LogP contribution in [0.2, 0.25) is 0 Å². The zero-order valence-electron chi connectivity index (χ0n) is 32.4. The summed E-state index contributed by atoms with van der Waals surface area (Å²) in [5.74, 6) is 1.77. The van der Waals surface area contributed by atoms with E-state index in [1.54, 1.807) is 0 Å². The first-order valence-corrected chi connectivity index (χ1v) is 19.7. The zero-order chi connectivity index (χ0) is 37.9. The van der Waals surface area contributed by atoms with Crippen LogP contribution in [0.25, 0.3) is 33.0 Å². The molecule has 270 valence electrons. The van der Waals surface area contributed by atoms with Gasteiger partial charge in [0.2, 0.25) is 0 Å². The summed E-state index contributed by atoms with van der Waals surface area (Å²) in [7, 11) is 0. The molecule has 2 aliphatic heterocycles. The van der Waals surface area contributed by atoms with Crippen LogP contribution in [0.1, 0.15) is 55.5 Å². The second-order valence-corrected chi connectivity index (χ2v) is 16.7. The van der Waals surface area contributed by atoms with Crippen molar-refractivity contribution in [2.75, 3.05) is 9.80 Å². The van der Waals surface area contributed by atoms with E-state index in [1.807, 2.05) is 0 Å². The van der Waals surface area contributed by atoms with E-state index >= 15 is 0 Å². The molecular formula is C53H42N2O. The van der Waals surface area contributed by atoms with Gasteiger partial charge in [0.15, 0.2) is 11.5 Å². The molecule has 0 aromatic heterocycles. The molecule has 0 spiro atoms. The second kappa shape index (κ2) is 11.7. The molecule has 2 heterocycles. The topological polar surface area (TPSA) is 15.7 Å². The summed E-state index contributed by atoms with van der Waals surface area (Å²) in [6, 6.07) is 60.2. The number of para-hydroxylation sites is 2. The molecule has 3 heteroatoms. The van der Waals surface area contributed by atoms with Crippen LogP contribution in [-0.4, -0.2) is 0 Å². The summed E-state index contributed by atoms with van der Waals surface area (Å²) >= 11 is 0. The van der Waals surface area contributed by atoms with E-state index in [4.69, 9.17) is 4.74 Å². The molecule has 0 saturated carbocycles. The molecule has 56 heavy (non-hydrogen) atoms. The predicted molar refractivity (Wildman–Crippen MR) is 233 cm³/mol. The molecule has 0 saturated heterocycles. The van der Waals surface area contributed by atoms with Gasteiger partial charge in [0.1, 0.15) is 0 Å². The molecule has 0 amide bonds. The fourth-order valence-corrected chi connectivity index (χ4v) is 9.86. The van der Waals surface area contributed by atoms with Gasteiger partial charge >= 0.3 is 0 Å². The van der Waals surface area contributed by atoms with Gasteiger partial charge in [-0.1, -0.05) is 137 Å². The Hall–Kier alpha value is -6.58. The van der Waals surface area contributed by atoms with Crippen molar-refractivity contribution in [3.05, 3.63) is 192 Å². The molecule has 8 aromatic carbocycles. The van der Waals surface area contributed by atoms with Crippen LogP contribution in [0, 0.1) is 6.92 Å². The summed E-state index contributed by atoms with van der Waals surface area (Å²) in [6.45, 7) is 11.6. The number of aryl methyl sites for hydroxylation is 1. The average Bonchev–Trinajstić information content (AvgIpc) is 3.45. The van der Waals surface area contributed by atoms with E-state index in [2.05, 4.69) is 208 Å². The number of hydrogen-bond acceptors (Lipinski definition) is 3. The van der Waals surface area contributed by atoms with Gasteiger partial charge in [0, 0.05) is 27.6 Å². The minimum absolute atomic E-state index is 0.116. The number of hydrogen-bond donors (Lipinski definition) is 0. The van der Waals surface area contributed by atoms with Gasteiger partial charge in [0.05, 0.1) is 22.7 Å². The highest BCUT2D eigenvalue weighted by atomic mass is 16.5. The lowest BCUT2D eigenvalue weighted by Gasteiger charge is -2.45.